The molecular weight excluding hydrogens is 256 g/mol. The molecule has 0 radical (unpaired) electrons. The molecule has 0 aromatic rings. The molecule has 3 heteroatoms. The number of rotatable bonds is 12. The zero-order chi connectivity index (χ0) is 13.9. The summed E-state index contributed by atoms with van der Waals surface area (Å²) in [6.07, 6.45) is 9.75. The zero-order valence-corrected chi connectivity index (χ0v) is 14.6. The molecule has 2 nitrogen and oxygen atoms in total. The van der Waals surface area contributed by atoms with Crippen LogP contribution >= 0.6 is 0 Å². The van der Waals surface area contributed by atoms with Crippen LogP contribution in [0, 0.1) is 0 Å². The van der Waals surface area contributed by atoms with E-state index in [-0.39, 0.29) is 5.48 Å². The molecule has 0 bridgehead atoms. The van der Waals surface area contributed by atoms with Crippen molar-refractivity contribution >= 4 is 9.44 Å². The van der Waals surface area contributed by atoms with E-state index in [1.165, 1.54) is 51.4 Å². The Labute approximate surface area is 122 Å². The lowest BCUT2D eigenvalue weighted by atomic mass is 10.4. The second kappa shape index (κ2) is 11.0. The average Bonchev–Trinajstić information content (AvgIpc) is 2.40. The van der Waals surface area contributed by atoms with Gasteiger partial charge in [-0.1, -0.05) is 53.4 Å². The van der Waals surface area contributed by atoms with Gasteiger partial charge >= 0.3 is 0 Å². The van der Waals surface area contributed by atoms with Gasteiger partial charge in [0.2, 0.25) is 0 Å². The van der Waals surface area contributed by atoms with Gasteiger partial charge in [-0.15, -0.1) is 9.44 Å². The minimum atomic E-state index is -2.09. The zero-order valence-electron chi connectivity index (χ0n) is 13.8. The highest BCUT2D eigenvalue weighted by atomic mass is 32.3. The maximum absolute atomic E-state index is 11.6. The fourth-order valence-corrected chi connectivity index (χ4v) is 8.02. The molecule has 0 aliphatic rings. The first-order chi connectivity index (χ1) is 8.54. The number of hydrogen-bond donors (Lipinski definition) is 1. The first-order valence-corrected chi connectivity index (χ1v) is 10.8. The van der Waals surface area contributed by atoms with E-state index in [4.69, 9.17) is 0 Å². The molecule has 0 aromatic carbocycles. The molecular formula is C16H38O2S. The van der Waals surface area contributed by atoms with Crippen molar-refractivity contribution in [2.75, 3.05) is 23.0 Å². The van der Waals surface area contributed by atoms with Gasteiger partial charge in [-0.3, -0.25) is 4.55 Å². The highest BCUT2D eigenvalue weighted by molar-refractivity contribution is 8.25. The van der Waals surface area contributed by atoms with Crippen LogP contribution in [0.25, 0.3) is 0 Å². The molecule has 0 aromatic heterocycles. The minimum absolute atomic E-state index is 0. The van der Waals surface area contributed by atoms with E-state index < -0.39 is 9.44 Å². The number of hydrogen-bond acceptors (Lipinski definition) is 2. The Morgan fingerprint density at radius 1 is 0.579 bits per heavy atom. The van der Waals surface area contributed by atoms with Crippen molar-refractivity contribution < 1.29 is 10.0 Å². The van der Waals surface area contributed by atoms with E-state index in [1.54, 1.807) is 0 Å². The summed E-state index contributed by atoms with van der Waals surface area (Å²) in [6.45, 7) is 8.99. The van der Waals surface area contributed by atoms with E-state index in [1.807, 2.05) is 0 Å². The van der Waals surface area contributed by atoms with Crippen molar-refractivity contribution in [2.24, 2.45) is 0 Å². The summed E-state index contributed by atoms with van der Waals surface area (Å²) in [6, 6.07) is 0. The van der Waals surface area contributed by atoms with Crippen LogP contribution in [0.1, 0.15) is 79.1 Å². The smallest absolute Gasteiger partial charge is 0.0661 e. The Morgan fingerprint density at radius 3 is 0.947 bits per heavy atom. The lowest BCUT2D eigenvalue weighted by molar-refractivity contribution is 0.567. The monoisotopic (exact) mass is 294 g/mol. The van der Waals surface area contributed by atoms with Gasteiger partial charge in [0.15, 0.2) is 0 Å². The van der Waals surface area contributed by atoms with E-state index in [0.717, 1.165) is 23.0 Å². The summed E-state index contributed by atoms with van der Waals surface area (Å²) in [5.41, 5.74) is 0. The lowest BCUT2D eigenvalue weighted by Crippen LogP contribution is -2.55. The van der Waals surface area contributed by atoms with E-state index >= 15 is 0 Å². The highest BCUT2D eigenvalue weighted by Crippen LogP contribution is 2.39. The summed E-state index contributed by atoms with van der Waals surface area (Å²) in [5.74, 6) is 4.47. The predicted molar refractivity (Wildman–Crippen MR) is 91.0 cm³/mol. The van der Waals surface area contributed by atoms with Crippen molar-refractivity contribution in [3.8, 4) is 0 Å². The summed E-state index contributed by atoms with van der Waals surface area (Å²) in [7, 11) is -2.09. The molecule has 2 N–H and O–H groups in total. The SMILES string of the molecule is CCCC[S+](O)(CCCC)(CCCC)CCCC.[OH-]. The van der Waals surface area contributed by atoms with E-state index in [2.05, 4.69) is 27.7 Å². The molecule has 0 saturated carbocycles. The summed E-state index contributed by atoms with van der Waals surface area (Å²) < 4.78 is 11.6. The molecule has 0 rings (SSSR count). The van der Waals surface area contributed by atoms with Crippen LogP contribution < -0.4 is 0 Å². The third kappa shape index (κ3) is 8.21. The van der Waals surface area contributed by atoms with Gasteiger partial charge in [0.1, 0.15) is 0 Å². The molecule has 0 spiro atoms. The van der Waals surface area contributed by atoms with Gasteiger partial charge in [0.05, 0.1) is 23.0 Å². The first kappa shape index (κ1) is 21.6. The van der Waals surface area contributed by atoms with Crippen molar-refractivity contribution in [3.63, 3.8) is 0 Å². The second-order valence-electron chi connectivity index (χ2n) is 5.97. The van der Waals surface area contributed by atoms with Crippen LogP contribution in [-0.2, 0) is 9.44 Å². The second-order valence-corrected chi connectivity index (χ2v) is 11.1. The summed E-state index contributed by atoms with van der Waals surface area (Å²) in [4.78, 5) is 0. The fourth-order valence-electron chi connectivity index (χ4n) is 2.67. The van der Waals surface area contributed by atoms with Gasteiger partial charge < -0.3 is 5.48 Å². The Bertz CT molecular complexity index is 163. The Hall–Kier alpha value is 0.270. The number of unbranched alkanes of at least 4 members (excludes halogenated alkanes) is 4. The van der Waals surface area contributed by atoms with Crippen LogP contribution in [0.15, 0.2) is 0 Å². The van der Waals surface area contributed by atoms with Gasteiger partial charge in [0.25, 0.3) is 0 Å². The molecule has 0 aliphatic heterocycles. The third-order valence-corrected chi connectivity index (χ3v) is 9.44. The first-order valence-electron chi connectivity index (χ1n) is 8.17. The lowest BCUT2D eigenvalue weighted by Gasteiger charge is -2.50. The maximum Gasteiger partial charge on any atom is 0.0661 e. The quantitative estimate of drug-likeness (QED) is 0.505. The average molecular weight is 295 g/mol. The van der Waals surface area contributed by atoms with Crippen molar-refractivity contribution in [2.45, 2.75) is 79.1 Å². The van der Waals surface area contributed by atoms with Gasteiger partial charge in [0, 0.05) is 0 Å². The molecule has 0 aliphatic carbocycles. The molecule has 19 heavy (non-hydrogen) atoms. The van der Waals surface area contributed by atoms with Crippen LogP contribution in [0.2, 0.25) is 0 Å². The molecule has 120 valence electrons. The standard InChI is InChI=1S/C16H37OS.H2O/c1-5-9-13-18(17,14-10-6-2,15-11-7-3)16-12-8-4;/h17H,5-16H2,1-4H3;1H2/q+1;/p-1. The molecule has 0 atom stereocenters. The highest BCUT2D eigenvalue weighted by Gasteiger charge is 2.43. The summed E-state index contributed by atoms with van der Waals surface area (Å²) in [5, 5.41) is 0. The fraction of sp³-hybridized carbons (Fsp3) is 1.00. The van der Waals surface area contributed by atoms with Crippen molar-refractivity contribution in [1.29, 1.82) is 0 Å². The largest absolute Gasteiger partial charge is 0.870 e. The normalized spacial score (nSPS) is 13.6. The molecule has 0 saturated heterocycles. The predicted octanol–water partition coefficient (Wildman–Crippen LogP) is 5.17. The van der Waals surface area contributed by atoms with Gasteiger partial charge in [-0.25, -0.2) is 0 Å². The van der Waals surface area contributed by atoms with Crippen LogP contribution in [0.5, 0.6) is 0 Å². The van der Waals surface area contributed by atoms with Crippen molar-refractivity contribution in [3.05, 3.63) is 0 Å². The van der Waals surface area contributed by atoms with Crippen molar-refractivity contribution in [1.82, 2.24) is 0 Å². The van der Waals surface area contributed by atoms with Gasteiger partial charge in [-0.05, 0) is 25.7 Å². The minimum Gasteiger partial charge on any atom is -0.870 e. The van der Waals surface area contributed by atoms with Crippen LogP contribution in [0.4, 0.5) is 0 Å². The molecule has 0 amide bonds. The van der Waals surface area contributed by atoms with E-state index in [9.17, 15) is 4.55 Å². The molecule has 0 fully saturated rings. The third-order valence-electron chi connectivity index (χ3n) is 4.09. The summed E-state index contributed by atoms with van der Waals surface area (Å²) >= 11 is 0. The topological polar surface area (TPSA) is 50.2 Å². The maximum atomic E-state index is 11.6. The van der Waals surface area contributed by atoms with Crippen LogP contribution in [0.3, 0.4) is 0 Å². The molecule has 0 heterocycles. The Morgan fingerprint density at radius 2 is 0.789 bits per heavy atom. The van der Waals surface area contributed by atoms with Gasteiger partial charge in [-0.2, -0.15) is 0 Å². The Kier molecular flexibility index (Phi) is 12.5. The Balaban J connectivity index is 0. The van der Waals surface area contributed by atoms with Crippen LogP contribution in [-0.4, -0.2) is 33.0 Å². The molecule has 0 unspecified atom stereocenters. The van der Waals surface area contributed by atoms with E-state index in [0.29, 0.717) is 0 Å².